The van der Waals surface area contributed by atoms with E-state index in [1.807, 2.05) is 0 Å². The molecule has 6 heteroatoms. The van der Waals surface area contributed by atoms with Crippen LogP contribution in [0.5, 0.6) is 5.88 Å². The molecular formula is C6H7N3O3. The molecule has 12 heavy (non-hydrogen) atoms. The van der Waals surface area contributed by atoms with Gasteiger partial charge in [0.25, 0.3) is 0 Å². The molecule has 0 unspecified atom stereocenters. The highest BCUT2D eigenvalue weighted by Gasteiger charge is 2.00. The third-order valence-corrected chi connectivity index (χ3v) is 0.992. The van der Waals surface area contributed by atoms with E-state index < -0.39 is 12.6 Å². The molecule has 0 aliphatic rings. The minimum Gasteiger partial charge on any atom is -0.479 e. The number of carboxylic acids is 1. The molecule has 0 aromatic carbocycles. The molecule has 1 rings (SSSR count). The zero-order valence-electron chi connectivity index (χ0n) is 6.10. The monoisotopic (exact) mass is 169 g/mol. The number of aliphatic carboxylic acids is 1. The molecule has 1 heterocycles. The minimum absolute atomic E-state index is 0.0536. The molecular weight excluding hydrogens is 162 g/mol. The van der Waals surface area contributed by atoms with Gasteiger partial charge in [-0.1, -0.05) is 0 Å². The molecule has 0 aliphatic heterocycles. The van der Waals surface area contributed by atoms with Crippen LogP contribution in [0.15, 0.2) is 12.3 Å². The molecule has 1 aromatic rings. The summed E-state index contributed by atoms with van der Waals surface area (Å²) in [7, 11) is 0. The summed E-state index contributed by atoms with van der Waals surface area (Å²) >= 11 is 0. The number of carboxylic acid groups (broad SMARTS) is 1. The van der Waals surface area contributed by atoms with Gasteiger partial charge in [-0.25, -0.2) is 9.78 Å². The van der Waals surface area contributed by atoms with E-state index in [1.165, 1.54) is 12.3 Å². The van der Waals surface area contributed by atoms with Crippen molar-refractivity contribution >= 4 is 11.9 Å². The van der Waals surface area contributed by atoms with Crippen LogP contribution in [-0.2, 0) is 4.79 Å². The number of nitrogens with two attached hydrogens (primary N) is 1. The van der Waals surface area contributed by atoms with E-state index in [0.717, 1.165) is 0 Å². The number of nitrogens with zero attached hydrogens (tertiary/aromatic N) is 2. The molecule has 0 bridgehead atoms. The van der Waals surface area contributed by atoms with E-state index in [4.69, 9.17) is 15.6 Å². The van der Waals surface area contributed by atoms with Gasteiger partial charge in [0.15, 0.2) is 6.61 Å². The van der Waals surface area contributed by atoms with Crippen molar-refractivity contribution in [3.8, 4) is 5.88 Å². The molecule has 0 saturated heterocycles. The molecule has 1 aromatic heterocycles. The predicted octanol–water partition coefficient (Wildman–Crippen LogP) is -0.478. The average molecular weight is 169 g/mol. The zero-order chi connectivity index (χ0) is 8.97. The third kappa shape index (κ3) is 2.41. The summed E-state index contributed by atoms with van der Waals surface area (Å²) in [6.07, 6.45) is 1.39. The van der Waals surface area contributed by atoms with Crippen molar-refractivity contribution in [3.63, 3.8) is 0 Å². The van der Waals surface area contributed by atoms with Crippen LogP contribution in [0, 0.1) is 0 Å². The van der Waals surface area contributed by atoms with Crippen LogP contribution in [0.1, 0.15) is 0 Å². The van der Waals surface area contributed by atoms with E-state index in [0.29, 0.717) is 0 Å². The molecule has 0 amide bonds. The summed E-state index contributed by atoms with van der Waals surface area (Å²) in [5, 5.41) is 8.24. The topological polar surface area (TPSA) is 98.3 Å². The maximum Gasteiger partial charge on any atom is 0.341 e. The summed E-state index contributed by atoms with van der Waals surface area (Å²) in [5.74, 6) is -0.852. The second-order valence-corrected chi connectivity index (χ2v) is 1.94. The Morgan fingerprint density at radius 2 is 2.50 bits per heavy atom. The highest BCUT2D eigenvalue weighted by molar-refractivity contribution is 5.68. The number of rotatable bonds is 3. The zero-order valence-corrected chi connectivity index (χ0v) is 6.10. The van der Waals surface area contributed by atoms with Gasteiger partial charge in [-0.15, -0.1) is 0 Å². The van der Waals surface area contributed by atoms with Gasteiger partial charge in [0.2, 0.25) is 11.8 Å². The van der Waals surface area contributed by atoms with Gasteiger partial charge in [-0.2, -0.15) is 4.98 Å². The van der Waals surface area contributed by atoms with Crippen molar-refractivity contribution in [1.29, 1.82) is 0 Å². The molecule has 6 nitrogen and oxygen atoms in total. The largest absolute Gasteiger partial charge is 0.479 e. The number of hydrogen-bond donors (Lipinski definition) is 2. The van der Waals surface area contributed by atoms with Crippen LogP contribution < -0.4 is 10.5 Å². The highest BCUT2D eigenvalue weighted by atomic mass is 16.5. The fraction of sp³-hybridized carbons (Fsp3) is 0.167. The molecule has 0 atom stereocenters. The Morgan fingerprint density at radius 1 is 1.75 bits per heavy atom. The number of ether oxygens (including phenoxy) is 1. The first-order valence-corrected chi connectivity index (χ1v) is 3.11. The number of carbonyl (C=O) groups is 1. The predicted molar refractivity (Wildman–Crippen MR) is 39.6 cm³/mol. The molecule has 0 fully saturated rings. The first-order valence-electron chi connectivity index (χ1n) is 3.11. The van der Waals surface area contributed by atoms with Crippen LogP contribution in [0.3, 0.4) is 0 Å². The minimum atomic E-state index is -1.06. The van der Waals surface area contributed by atoms with Crippen LogP contribution in [0.25, 0.3) is 0 Å². The molecule has 0 radical (unpaired) electrons. The van der Waals surface area contributed by atoms with E-state index >= 15 is 0 Å². The SMILES string of the molecule is Nc1nccc(OCC(=O)O)n1. The smallest absolute Gasteiger partial charge is 0.341 e. The molecule has 64 valence electrons. The maximum absolute atomic E-state index is 10.1. The second-order valence-electron chi connectivity index (χ2n) is 1.94. The summed E-state index contributed by atoms with van der Waals surface area (Å²) < 4.78 is 4.72. The fourth-order valence-corrected chi connectivity index (χ4v) is 0.572. The summed E-state index contributed by atoms with van der Waals surface area (Å²) in [6, 6.07) is 1.43. The Balaban J connectivity index is 2.57. The Bertz CT molecular complexity index is 289. The normalized spacial score (nSPS) is 9.33. The van der Waals surface area contributed by atoms with Crippen LogP contribution >= 0.6 is 0 Å². The van der Waals surface area contributed by atoms with Gasteiger partial charge >= 0.3 is 5.97 Å². The number of hydrogen-bond acceptors (Lipinski definition) is 5. The average Bonchev–Trinajstić information content (AvgIpc) is 2.01. The first kappa shape index (κ1) is 8.25. The first-order chi connectivity index (χ1) is 5.68. The van der Waals surface area contributed by atoms with Crippen molar-refractivity contribution in [2.75, 3.05) is 12.3 Å². The van der Waals surface area contributed by atoms with Gasteiger partial charge < -0.3 is 15.6 Å². The summed E-state index contributed by atoms with van der Waals surface area (Å²) in [4.78, 5) is 17.3. The molecule has 3 N–H and O–H groups in total. The quantitative estimate of drug-likeness (QED) is 0.634. The van der Waals surface area contributed by atoms with Gasteiger partial charge in [0.05, 0.1) is 0 Å². The Morgan fingerprint density at radius 3 is 3.08 bits per heavy atom. The van der Waals surface area contributed by atoms with Gasteiger partial charge in [0.1, 0.15) is 0 Å². The lowest BCUT2D eigenvalue weighted by atomic mass is 10.6. The van der Waals surface area contributed by atoms with Crippen molar-refractivity contribution in [2.24, 2.45) is 0 Å². The summed E-state index contributed by atoms with van der Waals surface area (Å²) in [5.41, 5.74) is 5.22. The summed E-state index contributed by atoms with van der Waals surface area (Å²) in [6.45, 7) is -0.434. The number of nitrogen functional groups attached to an aromatic ring is 1. The van der Waals surface area contributed by atoms with Crippen molar-refractivity contribution in [3.05, 3.63) is 12.3 Å². The Hall–Kier alpha value is -1.85. The standard InChI is InChI=1S/C6H7N3O3/c7-6-8-2-1-4(9-6)12-3-5(10)11/h1-2H,3H2,(H,10,11)(H2,7,8,9). The van der Waals surface area contributed by atoms with Gasteiger partial charge in [0, 0.05) is 12.3 Å². The number of anilines is 1. The molecule has 0 spiro atoms. The lowest BCUT2D eigenvalue weighted by Crippen LogP contribution is -2.10. The van der Waals surface area contributed by atoms with Crippen molar-refractivity contribution in [2.45, 2.75) is 0 Å². The van der Waals surface area contributed by atoms with Crippen molar-refractivity contribution in [1.82, 2.24) is 9.97 Å². The third-order valence-electron chi connectivity index (χ3n) is 0.992. The Kier molecular flexibility index (Phi) is 2.42. The van der Waals surface area contributed by atoms with Crippen LogP contribution in [0.2, 0.25) is 0 Å². The van der Waals surface area contributed by atoms with Crippen LogP contribution in [0.4, 0.5) is 5.95 Å². The van der Waals surface area contributed by atoms with Crippen molar-refractivity contribution < 1.29 is 14.6 Å². The van der Waals surface area contributed by atoms with Gasteiger partial charge in [-0.3, -0.25) is 0 Å². The molecule has 0 saturated carbocycles. The molecule has 0 aliphatic carbocycles. The van der Waals surface area contributed by atoms with Crippen LogP contribution in [-0.4, -0.2) is 27.7 Å². The van der Waals surface area contributed by atoms with Gasteiger partial charge in [-0.05, 0) is 0 Å². The van der Waals surface area contributed by atoms with E-state index in [-0.39, 0.29) is 11.8 Å². The fourth-order valence-electron chi connectivity index (χ4n) is 0.572. The second kappa shape index (κ2) is 3.51. The lowest BCUT2D eigenvalue weighted by Gasteiger charge is -2.00. The van der Waals surface area contributed by atoms with E-state index in [9.17, 15) is 4.79 Å². The number of aromatic nitrogens is 2. The van der Waals surface area contributed by atoms with E-state index in [2.05, 4.69) is 9.97 Å². The maximum atomic E-state index is 10.1. The van der Waals surface area contributed by atoms with E-state index in [1.54, 1.807) is 0 Å². The Labute approximate surface area is 68.0 Å². The highest BCUT2D eigenvalue weighted by Crippen LogP contribution is 2.04. The lowest BCUT2D eigenvalue weighted by molar-refractivity contribution is -0.139.